The van der Waals surface area contributed by atoms with Crippen LogP contribution in [0, 0.1) is 11.6 Å². The van der Waals surface area contributed by atoms with E-state index in [0.29, 0.717) is 16.6 Å². The summed E-state index contributed by atoms with van der Waals surface area (Å²) in [5.74, 6) is -1.05. The van der Waals surface area contributed by atoms with E-state index in [1.165, 1.54) is 18.2 Å². The first-order valence-corrected chi connectivity index (χ1v) is 7.33. The van der Waals surface area contributed by atoms with Gasteiger partial charge in [0.1, 0.15) is 11.6 Å². The smallest absolute Gasteiger partial charge is 0.129 e. The molecule has 2 rings (SSSR count). The molecule has 1 unspecified atom stereocenters. The molecule has 112 valence electrons. The Labute approximate surface area is 132 Å². The summed E-state index contributed by atoms with van der Waals surface area (Å²) in [6, 6.07) is 9.16. The molecule has 0 saturated heterocycles. The number of hydrogen-bond acceptors (Lipinski definition) is 1. The lowest BCUT2D eigenvalue weighted by Gasteiger charge is -2.15. The van der Waals surface area contributed by atoms with Gasteiger partial charge in [-0.25, -0.2) is 8.78 Å². The van der Waals surface area contributed by atoms with Gasteiger partial charge in [0.2, 0.25) is 0 Å². The van der Waals surface area contributed by atoms with Crippen molar-refractivity contribution in [2.24, 2.45) is 0 Å². The first kappa shape index (κ1) is 16.2. The predicted molar refractivity (Wildman–Crippen MR) is 82.8 cm³/mol. The molecule has 2 aromatic rings. The molecule has 0 fully saturated rings. The molecule has 0 heterocycles. The number of rotatable bonds is 5. The summed E-state index contributed by atoms with van der Waals surface area (Å²) in [5.41, 5.74) is 0.944. The third kappa shape index (κ3) is 4.16. The van der Waals surface area contributed by atoms with Crippen LogP contribution in [0.25, 0.3) is 0 Å². The average Bonchev–Trinajstić information content (AvgIpc) is 2.45. The molecule has 0 aromatic heterocycles. The lowest BCUT2D eigenvalue weighted by molar-refractivity contribution is 0.499. The Balaban J connectivity index is 1.99. The second kappa shape index (κ2) is 7.21. The minimum Gasteiger partial charge on any atom is -0.310 e. The summed E-state index contributed by atoms with van der Waals surface area (Å²) >= 11 is 12.0. The molecule has 0 aliphatic heterocycles. The molecular weight excluding hydrogens is 315 g/mol. The number of nitrogens with one attached hydrogen (secondary N) is 1. The zero-order valence-corrected chi connectivity index (χ0v) is 13.0. The van der Waals surface area contributed by atoms with E-state index in [1.807, 2.05) is 19.1 Å². The van der Waals surface area contributed by atoms with Crippen molar-refractivity contribution in [1.82, 2.24) is 5.32 Å². The third-order valence-electron chi connectivity index (χ3n) is 3.24. The molecule has 0 aliphatic carbocycles. The highest BCUT2D eigenvalue weighted by Gasteiger charge is 2.13. The Morgan fingerprint density at radius 2 is 1.67 bits per heavy atom. The van der Waals surface area contributed by atoms with Gasteiger partial charge in [-0.2, -0.15) is 0 Å². The van der Waals surface area contributed by atoms with Gasteiger partial charge in [-0.1, -0.05) is 41.4 Å². The van der Waals surface area contributed by atoms with Crippen LogP contribution < -0.4 is 5.32 Å². The van der Waals surface area contributed by atoms with Crippen LogP contribution in [0.2, 0.25) is 10.0 Å². The zero-order valence-electron chi connectivity index (χ0n) is 11.5. The fraction of sp³-hybridized carbons (Fsp3) is 0.250. The fourth-order valence-electron chi connectivity index (χ4n) is 2.07. The summed E-state index contributed by atoms with van der Waals surface area (Å²) in [6.07, 6.45) is 0.261. The molecule has 5 heteroatoms. The summed E-state index contributed by atoms with van der Waals surface area (Å²) in [7, 11) is 0. The Hall–Kier alpha value is -1.16. The standard InChI is InChI=1S/C16H15Cl2F2N/c1-10(8-12-14(19)6-3-7-15(12)20)21-9-11-4-2-5-13(17)16(11)18/h2-7,10,21H,8-9H2,1H3. The Kier molecular flexibility index (Phi) is 5.57. The van der Waals surface area contributed by atoms with Gasteiger partial charge in [0.15, 0.2) is 0 Å². The van der Waals surface area contributed by atoms with Crippen LogP contribution in [0.15, 0.2) is 36.4 Å². The molecule has 0 radical (unpaired) electrons. The SMILES string of the molecule is CC(Cc1c(F)cccc1F)NCc1cccc(Cl)c1Cl. The highest BCUT2D eigenvalue weighted by molar-refractivity contribution is 6.42. The first-order valence-electron chi connectivity index (χ1n) is 6.58. The van der Waals surface area contributed by atoms with E-state index in [9.17, 15) is 8.78 Å². The summed E-state index contributed by atoms with van der Waals surface area (Å²) in [5, 5.41) is 4.18. The second-order valence-corrected chi connectivity index (χ2v) is 5.68. The quantitative estimate of drug-likeness (QED) is 0.814. The lowest BCUT2D eigenvalue weighted by atomic mass is 10.1. The minimum atomic E-state index is -0.524. The van der Waals surface area contributed by atoms with E-state index < -0.39 is 11.6 Å². The maximum Gasteiger partial charge on any atom is 0.129 e. The van der Waals surface area contributed by atoms with Crippen molar-refractivity contribution in [2.45, 2.75) is 25.9 Å². The maximum atomic E-state index is 13.6. The van der Waals surface area contributed by atoms with Crippen LogP contribution in [-0.2, 0) is 13.0 Å². The molecule has 2 aromatic carbocycles. The van der Waals surface area contributed by atoms with Crippen molar-refractivity contribution < 1.29 is 8.78 Å². The van der Waals surface area contributed by atoms with Crippen LogP contribution >= 0.6 is 23.2 Å². The summed E-state index contributed by atoms with van der Waals surface area (Å²) in [6.45, 7) is 2.35. The van der Waals surface area contributed by atoms with Gasteiger partial charge >= 0.3 is 0 Å². The third-order valence-corrected chi connectivity index (χ3v) is 4.10. The Morgan fingerprint density at radius 1 is 1.05 bits per heavy atom. The average molecular weight is 330 g/mol. The van der Waals surface area contributed by atoms with Gasteiger partial charge in [0.25, 0.3) is 0 Å². The van der Waals surface area contributed by atoms with Gasteiger partial charge in [0, 0.05) is 18.2 Å². The highest BCUT2D eigenvalue weighted by Crippen LogP contribution is 2.25. The minimum absolute atomic E-state index is 0.0923. The maximum absolute atomic E-state index is 13.6. The molecule has 0 bridgehead atoms. The molecule has 0 saturated carbocycles. The Bertz CT molecular complexity index is 611. The molecule has 21 heavy (non-hydrogen) atoms. The second-order valence-electron chi connectivity index (χ2n) is 4.90. The normalized spacial score (nSPS) is 12.4. The van der Waals surface area contributed by atoms with E-state index in [0.717, 1.165) is 5.56 Å². The van der Waals surface area contributed by atoms with Crippen molar-refractivity contribution in [3.63, 3.8) is 0 Å². The van der Waals surface area contributed by atoms with Crippen molar-refractivity contribution in [1.29, 1.82) is 0 Å². The largest absolute Gasteiger partial charge is 0.310 e. The molecule has 0 amide bonds. The molecule has 0 spiro atoms. The molecule has 1 nitrogen and oxygen atoms in total. The van der Waals surface area contributed by atoms with Gasteiger partial charge < -0.3 is 5.32 Å². The van der Waals surface area contributed by atoms with E-state index in [-0.39, 0.29) is 18.0 Å². The van der Waals surface area contributed by atoms with Crippen molar-refractivity contribution >= 4 is 23.2 Å². The Morgan fingerprint density at radius 3 is 2.33 bits per heavy atom. The molecule has 1 N–H and O–H groups in total. The number of halogens is 4. The summed E-state index contributed by atoms with van der Waals surface area (Å²) in [4.78, 5) is 0. The topological polar surface area (TPSA) is 12.0 Å². The van der Waals surface area contributed by atoms with E-state index >= 15 is 0 Å². The van der Waals surface area contributed by atoms with Crippen LogP contribution in [-0.4, -0.2) is 6.04 Å². The molecule has 0 aliphatic rings. The van der Waals surface area contributed by atoms with Gasteiger partial charge in [-0.3, -0.25) is 0 Å². The van der Waals surface area contributed by atoms with E-state index in [4.69, 9.17) is 23.2 Å². The van der Waals surface area contributed by atoms with E-state index in [2.05, 4.69) is 5.32 Å². The molecule has 1 atom stereocenters. The van der Waals surface area contributed by atoms with Crippen LogP contribution in [0.3, 0.4) is 0 Å². The van der Waals surface area contributed by atoms with Crippen LogP contribution in [0.1, 0.15) is 18.1 Å². The van der Waals surface area contributed by atoms with Gasteiger partial charge in [-0.15, -0.1) is 0 Å². The number of hydrogen-bond donors (Lipinski definition) is 1. The van der Waals surface area contributed by atoms with Crippen LogP contribution in [0.5, 0.6) is 0 Å². The van der Waals surface area contributed by atoms with Gasteiger partial charge in [-0.05, 0) is 37.1 Å². The fourth-order valence-corrected chi connectivity index (χ4v) is 2.46. The predicted octanol–water partition coefficient (Wildman–Crippen LogP) is 4.99. The van der Waals surface area contributed by atoms with Crippen molar-refractivity contribution in [3.05, 3.63) is 69.2 Å². The van der Waals surface area contributed by atoms with Crippen molar-refractivity contribution in [2.75, 3.05) is 0 Å². The van der Waals surface area contributed by atoms with Crippen LogP contribution in [0.4, 0.5) is 8.78 Å². The summed E-state index contributed by atoms with van der Waals surface area (Å²) < 4.78 is 27.2. The van der Waals surface area contributed by atoms with E-state index in [1.54, 1.807) is 6.07 Å². The lowest BCUT2D eigenvalue weighted by Crippen LogP contribution is -2.28. The van der Waals surface area contributed by atoms with Crippen molar-refractivity contribution in [3.8, 4) is 0 Å². The molecular formula is C16H15Cl2F2N. The first-order chi connectivity index (χ1) is 9.99. The van der Waals surface area contributed by atoms with Gasteiger partial charge in [0.05, 0.1) is 10.0 Å². The highest BCUT2D eigenvalue weighted by atomic mass is 35.5. The monoisotopic (exact) mass is 329 g/mol. The number of benzene rings is 2. The zero-order chi connectivity index (χ0) is 15.4.